The number of carbonyl (C=O) groups is 1. The Morgan fingerprint density at radius 1 is 1.08 bits per heavy atom. The SMILES string of the molecule is CCc1cc(-c2ccc(F)cc2)ccc1C1=CC(C)(C)OC(C)C1=O. The van der Waals surface area contributed by atoms with Crippen molar-refractivity contribution in [3.63, 3.8) is 0 Å². The highest BCUT2D eigenvalue weighted by Gasteiger charge is 2.33. The normalized spacial score (nSPS) is 19.6. The summed E-state index contributed by atoms with van der Waals surface area (Å²) in [7, 11) is 0. The van der Waals surface area contributed by atoms with Crippen molar-refractivity contribution in [2.24, 2.45) is 0 Å². The third-order valence-corrected chi connectivity index (χ3v) is 4.56. The molecule has 1 aliphatic heterocycles. The van der Waals surface area contributed by atoms with Gasteiger partial charge in [-0.25, -0.2) is 4.39 Å². The molecule has 1 aliphatic rings. The van der Waals surface area contributed by atoms with Gasteiger partial charge in [0.2, 0.25) is 0 Å². The lowest BCUT2D eigenvalue weighted by atomic mass is 9.86. The predicted molar refractivity (Wildman–Crippen MR) is 98.8 cm³/mol. The van der Waals surface area contributed by atoms with Gasteiger partial charge in [-0.15, -0.1) is 0 Å². The molecule has 1 unspecified atom stereocenters. The van der Waals surface area contributed by atoms with Gasteiger partial charge < -0.3 is 4.74 Å². The zero-order chi connectivity index (χ0) is 18.2. The molecule has 0 saturated heterocycles. The summed E-state index contributed by atoms with van der Waals surface area (Å²) >= 11 is 0. The highest BCUT2D eigenvalue weighted by atomic mass is 19.1. The molecule has 2 nitrogen and oxygen atoms in total. The first-order valence-corrected chi connectivity index (χ1v) is 8.65. The fraction of sp³-hybridized carbons (Fsp3) is 0.318. The van der Waals surface area contributed by atoms with Crippen LogP contribution >= 0.6 is 0 Å². The first-order chi connectivity index (χ1) is 11.8. The van der Waals surface area contributed by atoms with Crippen molar-refractivity contribution in [2.75, 3.05) is 0 Å². The summed E-state index contributed by atoms with van der Waals surface area (Å²) in [5.74, 6) is -0.228. The van der Waals surface area contributed by atoms with Crippen molar-refractivity contribution in [2.45, 2.75) is 45.8 Å². The molecule has 0 amide bonds. The lowest BCUT2D eigenvalue weighted by Gasteiger charge is -2.32. The molecular weight excluding hydrogens is 315 g/mol. The Kier molecular flexibility index (Phi) is 4.61. The number of hydrogen-bond donors (Lipinski definition) is 0. The highest BCUT2D eigenvalue weighted by molar-refractivity contribution is 6.23. The van der Waals surface area contributed by atoms with Crippen LogP contribution in [0.25, 0.3) is 16.7 Å². The van der Waals surface area contributed by atoms with E-state index in [1.165, 1.54) is 12.1 Å². The van der Waals surface area contributed by atoms with Crippen LogP contribution in [0.15, 0.2) is 48.5 Å². The average molecular weight is 338 g/mol. The quantitative estimate of drug-likeness (QED) is 0.768. The van der Waals surface area contributed by atoms with Crippen molar-refractivity contribution in [3.05, 3.63) is 65.5 Å². The molecule has 25 heavy (non-hydrogen) atoms. The number of hydrogen-bond acceptors (Lipinski definition) is 2. The van der Waals surface area contributed by atoms with Crippen molar-refractivity contribution in [1.82, 2.24) is 0 Å². The molecule has 2 aromatic rings. The summed E-state index contributed by atoms with van der Waals surface area (Å²) in [6, 6.07) is 12.5. The molecule has 3 rings (SSSR count). The molecule has 0 spiro atoms. The third kappa shape index (κ3) is 3.57. The molecule has 1 heterocycles. The number of aryl methyl sites for hydroxylation is 1. The van der Waals surface area contributed by atoms with Gasteiger partial charge >= 0.3 is 0 Å². The van der Waals surface area contributed by atoms with E-state index in [0.29, 0.717) is 0 Å². The van der Waals surface area contributed by atoms with E-state index in [-0.39, 0.29) is 11.6 Å². The minimum absolute atomic E-state index is 0.0172. The number of rotatable bonds is 3. The van der Waals surface area contributed by atoms with Gasteiger partial charge in [0.1, 0.15) is 11.9 Å². The van der Waals surface area contributed by atoms with Crippen LogP contribution in [0.3, 0.4) is 0 Å². The smallest absolute Gasteiger partial charge is 0.191 e. The van der Waals surface area contributed by atoms with Crippen LogP contribution in [-0.4, -0.2) is 17.5 Å². The van der Waals surface area contributed by atoms with Gasteiger partial charge in [0, 0.05) is 5.57 Å². The molecule has 2 aromatic carbocycles. The van der Waals surface area contributed by atoms with Crippen molar-refractivity contribution in [1.29, 1.82) is 0 Å². The molecule has 0 bridgehead atoms. The summed E-state index contributed by atoms with van der Waals surface area (Å²) in [6.07, 6.45) is 2.28. The molecule has 0 aliphatic carbocycles. The van der Waals surface area contributed by atoms with Crippen LogP contribution in [0.2, 0.25) is 0 Å². The zero-order valence-electron chi connectivity index (χ0n) is 15.1. The fourth-order valence-corrected chi connectivity index (χ4v) is 3.36. The van der Waals surface area contributed by atoms with Crippen LogP contribution < -0.4 is 0 Å². The maximum absolute atomic E-state index is 13.2. The summed E-state index contributed by atoms with van der Waals surface area (Å²) in [5, 5.41) is 0. The monoisotopic (exact) mass is 338 g/mol. The minimum Gasteiger partial charge on any atom is -0.360 e. The first-order valence-electron chi connectivity index (χ1n) is 8.65. The van der Waals surface area contributed by atoms with Gasteiger partial charge in [-0.1, -0.05) is 37.3 Å². The second-order valence-electron chi connectivity index (χ2n) is 7.02. The first kappa shape index (κ1) is 17.6. The molecular formula is C22H23FO2. The lowest BCUT2D eigenvalue weighted by Crippen LogP contribution is -2.38. The standard InChI is InChI=1S/C22H23FO2/c1-5-15-12-17(16-6-9-18(23)10-7-16)8-11-19(15)20-13-22(3,4)25-14(2)21(20)24/h6-14H,5H2,1-4H3. The van der Waals surface area contributed by atoms with Crippen LogP contribution in [0.5, 0.6) is 0 Å². The summed E-state index contributed by atoms with van der Waals surface area (Å²) in [4.78, 5) is 12.6. The molecule has 1 atom stereocenters. The Balaban J connectivity index is 2.07. The fourth-order valence-electron chi connectivity index (χ4n) is 3.36. The average Bonchev–Trinajstić information content (AvgIpc) is 2.58. The van der Waals surface area contributed by atoms with E-state index < -0.39 is 11.7 Å². The molecule has 0 saturated carbocycles. The second kappa shape index (κ2) is 6.57. The zero-order valence-corrected chi connectivity index (χ0v) is 15.1. The van der Waals surface area contributed by atoms with Crippen LogP contribution in [-0.2, 0) is 16.0 Å². The summed E-state index contributed by atoms with van der Waals surface area (Å²) < 4.78 is 18.9. The lowest BCUT2D eigenvalue weighted by molar-refractivity contribution is -0.132. The van der Waals surface area contributed by atoms with Gasteiger partial charge in [0.25, 0.3) is 0 Å². The van der Waals surface area contributed by atoms with Crippen molar-refractivity contribution >= 4 is 11.4 Å². The molecule has 0 radical (unpaired) electrons. The third-order valence-electron chi connectivity index (χ3n) is 4.56. The number of Topliss-reactive ketones (excluding diaryl/α,β-unsaturated/α-hetero) is 1. The predicted octanol–water partition coefficient (Wildman–Crippen LogP) is 5.20. The van der Waals surface area contributed by atoms with Crippen molar-refractivity contribution < 1.29 is 13.9 Å². The molecule has 130 valence electrons. The van der Waals surface area contributed by atoms with E-state index in [2.05, 4.69) is 13.0 Å². The number of ketones is 1. The molecule has 0 aromatic heterocycles. The number of benzene rings is 2. The summed E-state index contributed by atoms with van der Waals surface area (Å²) in [5.41, 5.74) is 4.30. The van der Waals surface area contributed by atoms with E-state index >= 15 is 0 Å². The van der Waals surface area contributed by atoms with E-state index in [1.54, 1.807) is 19.1 Å². The van der Waals surface area contributed by atoms with E-state index in [1.807, 2.05) is 32.1 Å². The Hall–Kier alpha value is -2.26. The molecule has 0 N–H and O–H groups in total. The van der Waals surface area contributed by atoms with Gasteiger partial charge in [0.05, 0.1) is 5.60 Å². The molecule has 3 heteroatoms. The maximum Gasteiger partial charge on any atom is 0.191 e. The Morgan fingerprint density at radius 3 is 2.36 bits per heavy atom. The minimum atomic E-state index is -0.469. The van der Waals surface area contributed by atoms with Crippen LogP contribution in [0, 0.1) is 5.82 Å². The largest absolute Gasteiger partial charge is 0.360 e. The number of ether oxygens (including phenoxy) is 1. The van der Waals surface area contributed by atoms with Gasteiger partial charge in [-0.2, -0.15) is 0 Å². The van der Waals surface area contributed by atoms with Crippen LogP contribution in [0.1, 0.15) is 38.8 Å². The van der Waals surface area contributed by atoms with Gasteiger partial charge in [-0.3, -0.25) is 4.79 Å². The van der Waals surface area contributed by atoms with E-state index in [9.17, 15) is 9.18 Å². The highest BCUT2D eigenvalue weighted by Crippen LogP contribution is 2.33. The number of halogens is 1. The second-order valence-corrected chi connectivity index (χ2v) is 7.02. The topological polar surface area (TPSA) is 26.3 Å². The van der Waals surface area contributed by atoms with Gasteiger partial charge in [-0.05, 0) is 67.7 Å². The Labute approximate surface area is 148 Å². The van der Waals surface area contributed by atoms with E-state index in [4.69, 9.17) is 4.74 Å². The Morgan fingerprint density at radius 2 is 1.72 bits per heavy atom. The van der Waals surface area contributed by atoms with Gasteiger partial charge in [0.15, 0.2) is 5.78 Å². The Bertz CT molecular complexity index is 832. The van der Waals surface area contributed by atoms with Crippen molar-refractivity contribution in [3.8, 4) is 11.1 Å². The summed E-state index contributed by atoms with van der Waals surface area (Å²) in [6.45, 7) is 7.81. The molecule has 0 fully saturated rings. The van der Waals surface area contributed by atoms with Crippen LogP contribution in [0.4, 0.5) is 4.39 Å². The van der Waals surface area contributed by atoms with E-state index in [0.717, 1.165) is 34.2 Å². The maximum atomic E-state index is 13.2. The number of carbonyl (C=O) groups excluding carboxylic acids is 1.